The van der Waals surface area contributed by atoms with E-state index in [-0.39, 0.29) is 34.5 Å². The molecule has 1 aliphatic rings. The average Bonchev–Trinajstić information content (AvgIpc) is 3.20. The summed E-state index contributed by atoms with van der Waals surface area (Å²) in [4.78, 5) is 30.1. The molecule has 3 rings (SSSR count). The first-order chi connectivity index (χ1) is 14.9. The number of aromatic nitrogens is 1. The van der Waals surface area contributed by atoms with Crippen molar-refractivity contribution in [2.24, 2.45) is 0 Å². The number of anilines is 1. The summed E-state index contributed by atoms with van der Waals surface area (Å²) in [5.74, 6) is -0.0889. The third kappa shape index (κ3) is 6.66. The third-order valence-electron chi connectivity index (χ3n) is 4.82. The topological polar surface area (TPSA) is 118 Å². The van der Waals surface area contributed by atoms with Crippen LogP contribution in [0.4, 0.5) is 9.93 Å². The number of thiazole rings is 1. The first-order valence-electron chi connectivity index (χ1n) is 10.1. The molecule has 0 atom stereocenters. The Morgan fingerprint density at radius 1 is 1.23 bits per heavy atom. The number of nitrogens with zero attached hydrogens (tertiary/aromatic N) is 2. The number of amides is 2. The summed E-state index contributed by atoms with van der Waals surface area (Å²) < 4.78 is 32.2. The van der Waals surface area contributed by atoms with Crippen molar-refractivity contribution in [3.8, 4) is 0 Å². The molecular formula is C20H26N4O5S2. The Hall–Kier alpha value is -2.66. The van der Waals surface area contributed by atoms with Crippen molar-refractivity contribution in [2.75, 3.05) is 24.4 Å². The fraction of sp³-hybridized carbons (Fsp3) is 0.450. The van der Waals surface area contributed by atoms with Gasteiger partial charge in [0.2, 0.25) is 5.91 Å². The summed E-state index contributed by atoms with van der Waals surface area (Å²) in [5.41, 5.74) is 0.656. The number of hydrogen-bond acceptors (Lipinski definition) is 7. The lowest BCUT2D eigenvalue weighted by atomic mass is 10.1. The van der Waals surface area contributed by atoms with Gasteiger partial charge in [0.15, 0.2) is 5.13 Å². The molecule has 0 saturated carbocycles. The molecule has 2 N–H and O–H groups in total. The molecule has 1 aromatic carbocycles. The summed E-state index contributed by atoms with van der Waals surface area (Å²) in [6.07, 6.45) is 1.73. The van der Waals surface area contributed by atoms with Crippen LogP contribution >= 0.6 is 11.3 Å². The van der Waals surface area contributed by atoms with Crippen LogP contribution in [0.25, 0.3) is 0 Å². The van der Waals surface area contributed by atoms with Crippen LogP contribution in [0, 0.1) is 0 Å². The first-order valence-corrected chi connectivity index (χ1v) is 12.5. The molecule has 168 valence electrons. The van der Waals surface area contributed by atoms with Crippen LogP contribution < -0.4 is 10.0 Å². The molecule has 11 heteroatoms. The standard InChI is InChI=1S/C20H26N4O5S2/c1-2-29-20(26)24-12-10-15(11-13-24)21-18(25)9-8-16-14-30-19(22-16)23-31(27,28)17-6-4-3-5-7-17/h3-7,14-15H,2,8-13H2,1H3,(H,21,25)(H,22,23). The van der Waals surface area contributed by atoms with E-state index in [0.717, 1.165) is 0 Å². The predicted molar refractivity (Wildman–Crippen MR) is 117 cm³/mol. The lowest BCUT2D eigenvalue weighted by Gasteiger charge is -2.31. The summed E-state index contributed by atoms with van der Waals surface area (Å²) in [7, 11) is -3.68. The van der Waals surface area contributed by atoms with E-state index in [1.165, 1.54) is 23.5 Å². The summed E-state index contributed by atoms with van der Waals surface area (Å²) in [6, 6.07) is 8.11. The van der Waals surface area contributed by atoms with E-state index >= 15 is 0 Å². The van der Waals surface area contributed by atoms with Gasteiger partial charge in [-0.15, -0.1) is 11.3 Å². The van der Waals surface area contributed by atoms with Crippen molar-refractivity contribution in [1.82, 2.24) is 15.2 Å². The molecule has 0 aliphatic carbocycles. The number of carbonyl (C=O) groups is 2. The van der Waals surface area contributed by atoms with E-state index in [1.54, 1.807) is 35.4 Å². The van der Waals surface area contributed by atoms with Gasteiger partial charge in [-0.3, -0.25) is 9.52 Å². The Morgan fingerprint density at radius 2 is 1.94 bits per heavy atom. The van der Waals surface area contributed by atoms with Gasteiger partial charge in [-0.2, -0.15) is 0 Å². The van der Waals surface area contributed by atoms with Gasteiger partial charge < -0.3 is 15.0 Å². The number of ether oxygens (including phenoxy) is 1. The molecule has 31 heavy (non-hydrogen) atoms. The molecule has 0 unspecified atom stereocenters. The van der Waals surface area contributed by atoms with E-state index in [0.29, 0.717) is 44.7 Å². The van der Waals surface area contributed by atoms with Crippen LogP contribution in [0.5, 0.6) is 0 Å². The van der Waals surface area contributed by atoms with Gasteiger partial charge in [0.25, 0.3) is 10.0 Å². The molecule has 1 saturated heterocycles. The molecule has 2 amide bonds. The van der Waals surface area contributed by atoms with E-state index in [9.17, 15) is 18.0 Å². The molecule has 9 nitrogen and oxygen atoms in total. The summed E-state index contributed by atoms with van der Waals surface area (Å²) >= 11 is 1.18. The molecule has 0 spiro atoms. The lowest BCUT2D eigenvalue weighted by Crippen LogP contribution is -2.46. The second-order valence-corrected chi connectivity index (χ2v) is 9.63. The fourth-order valence-corrected chi connectivity index (χ4v) is 5.22. The monoisotopic (exact) mass is 466 g/mol. The largest absolute Gasteiger partial charge is 0.450 e. The smallest absolute Gasteiger partial charge is 0.409 e. The van der Waals surface area contributed by atoms with Crippen LogP contribution in [-0.2, 0) is 26.0 Å². The van der Waals surface area contributed by atoms with Crippen LogP contribution in [-0.4, -0.2) is 56.0 Å². The summed E-state index contributed by atoms with van der Waals surface area (Å²) in [5, 5.41) is 5.01. The van der Waals surface area contributed by atoms with Gasteiger partial charge in [0.05, 0.1) is 17.2 Å². The number of hydrogen-bond donors (Lipinski definition) is 2. The Bertz CT molecular complexity index is 986. The van der Waals surface area contributed by atoms with E-state index < -0.39 is 10.0 Å². The van der Waals surface area contributed by atoms with E-state index in [4.69, 9.17) is 4.74 Å². The molecule has 1 fully saturated rings. The van der Waals surface area contributed by atoms with Gasteiger partial charge >= 0.3 is 6.09 Å². The van der Waals surface area contributed by atoms with Crippen molar-refractivity contribution < 1.29 is 22.7 Å². The zero-order chi connectivity index (χ0) is 22.3. The number of sulfonamides is 1. The zero-order valence-corrected chi connectivity index (χ0v) is 18.9. The Balaban J connectivity index is 1.42. The van der Waals surface area contributed by atoms with E-state index in [1.807, 2.05) is 0 Å². The molecular weight excluding hydrogens is 440 g/mol. The van der Waals surface area contributed by atoms with Gasteiger partial charge in [0, 0.05) is 30.9 Å². The highest BCUT2D eigenvalue weighted by Gasteiger charge is 2.24. The number of carbonyl (C=O) groups excluding carboxylic acids is 2. The molecule has 2 heterocycles. The molecule has 0 radical (unpaired) electrons. The Morgan fingerprint density at radius 3 is 2.61 bits per heavy atom. The number of nitrogens with one attached hydrogen (secondary N) is 2. The predicted octanol–water partition coefficient (Wildman–Crippen LogP) is 2.61. The van der Waals surface area contributed by atoms with Crippen LogP contribution in [0.3, 0.4) is 0 Å². The first kappa shape index (κ1) is 23.0. The van der Waals surface area contributed by atoms with Crippen molar-refractivity contribution in [3.63, 3.8) is 0 Å². The van der Waals surface area contributed by atoms with Gasteiger partial charge in [-0.25, -0.2) is 18.2 Å². The quantitative estimate of drug-likeness (QED) is 0.618. The van der Waals surface area contributed by atoms with Crippen LogP contribution in [0.1, 0.15) is 31.9 Å². The molecule has 1 aromatic heterocycles. The number of piperidine rings is 1. The fourth-order valence-electron chi connectivity index (χ4n) is 3.20. The number of aryl methyl sites for hydroxylation is 1. The van der Waals surface area contributed by atoms with Crippen LogP contribution in [0.15, 0.2) is 40.6 Å². The molecule has 2 aromatic rings. The minimum absolute atomic E-state index is 0.0295. The maximum absolute atomic E-state index is 12.4. The van der Waals surface area contributed by atoms with E-state index in [2.05, 4.69) is 15.0 Å². The van der Waals surface area contributed by atoms with Gasteiger partial charge in [0.1, 0.15) is 0 Å². The van der Waals surface area contributed by atoms with Crippen molar-refractivity contribution >= 4 is 38.5 Å². The van der Waals surface area contributed by atoms with Gasteiger partial charge in [-0.05, 0) is 38.3 Å². The summed E-state index contributed by atoms with van der Waals surface area (Å²) in [6.45, 7) is 3.23. The Labute approximate surface area is 185 Å². The number of likely N-dealkylation sites (tertiary alicyclic amines) is 1. The van der Waals surface area contributed by atoms with Crippen molar-refractivity contribution in [3.05, 3.63) is 41.4 Å². The highest BCUT2D eigenvalue weighted by Crippen LogP contribution is 2.21. The maximum Gasteiger partial charge on any atom is 0.409 e. The Kier molecular flexibility index (Phi) is 7.85. The van der Waals surface area contributed by atoms with Crippen LogP contribution in [0.2, 0.25) is 0 Å². The SMILES string of the molecule is CCOC(=O)N1CCC(NC(=O)CCc2csc(NS(=O)(=O)c3ccccc3)n2)CC1. The second-order valence-electron chi connectivity index (χ2n) is 7.09. The lowest BCUT2D eigenvalue weighted by molar-refractivity contribution is -0.122. The van der Waals surface area contributed by atoms with Crippen molar-refractivity contribution in [1.29, 1.82) is 0 Å². The highest BCUT2D eigenvalue weighted by atomic mass is 32.2. The normalized spacial score (nSPS) is 14.8. The zero-order valence-electron chi connectivity index (χ0n) is 17.2. The minimum Gasteiger partial charge on any atom is -0.450 e. The minimum atomic E-state index is -3.68. The highest BCUT2D eigenvalue weighted by molar-refractivity contribution is 7.93. The average molecular weight is 467 g/mol. The third-order valence-corrected chi connectivity index (χ3v) is 7.11. The number of rotatable bonds is 8. The second kappa shape index (κ2) is 10.6. The van der Waals surface area contributed by atoms with Gasteiger partial charge in [-0.1, -0.05) is 18.2 Å². The molecule has 0 bridgehead atoms. The van der Waals surface area contributed by atoms with Crippen molar-refractivity contribution in [2.45, 2.75) is 43.5 Å². The molecule has 1 aliphatic heterocycles. The number of benzene rings is 1. The maximum atomic E-state index is 12.4.